The van der Waals surface area contributed by atoms with Crippen LogP contribution in [-0.4, -0.2) is 52.6 Å². The molecule has 0 aliphatic carbocycles. The molecule has 0 aromatic heterocycles. The molecule has 8 heteroatoms. The van der Waals surface area contributed by atoms with Crippen molar-refractivity contribution < 1.29 is 19.4 Å². The van der Waals surface area contributed by atoms with Crippen LogP contribution >= 0.6 is 31.9 Å². The first kappa shape index (κ1) is 24.8. The topological polar surface area (TPSA) is 78.9 Å². The van der Waals surface area contributed by atoms with Crippen LogP contribution in [0.1, 0.15) is 38.3 Å². The summed E-state index contributed by atoms with van der Waals surface area (Å²) in [7, 11) is 0. The summed E-state index contributed by atoms with van der Waals surface area (Å²) < 4.78 is 5.28. The van der Waals surface area contributed by atoms with Crippen LogP contribution in [0.25, 0.3) is 0 Å². The third-order valence-electron chi connectivity index (χ3n) is 4.01. The fourth-order valence-corrected chi connectivity index (χ4v) is 3.63. The van der Waals surface area contributed by atoms with E-state index in [9.17, 15) is 14.7 Å². The molecule has 158 valence electrons. The van der Waals surface area contributed by atoms with Gasteiger partial charge in [-0.1, -0.05) is 37.9 Å². The number of hydrogen-bond acceptors (Lipinski definition) is 4. The highest BCUT2D eigenvalue weighted by Gasteiger charge is 2.22. The lowest BCUT2D eigenvalue weighted by atomic mass is 9.98. The van der Waals surface area contributed by atoms with E-state index in [0.29, 0.717) is 6.42 Å². The minimum Gasteiger partial charge on any atom is -0.481 e. The normalized spacial score (nSPS) is 12.4. The summed E-state index contributed by atoms with van der Waals surface area (Å²) in [4.78, 5) is 25.7. The number of rotatable bonds is 10. The van der Waals surface area contributed by atoms with E-state index in [-0.39, 0.29) is 6.42 Å². The van der Waals surface area contributed by atoms with E-state index in [1.807, 2.05) is 13.0 Å². The van der Waals surface area contributed by atoms with Crippen LogP contribution < -0.4 is 10.2 Å². The second kappa shape index (κ2) is 11.7. The van der Waals surface area contributed by atoms with Gasteiger partial charge in [-0.2, -0.15) is 0 Å². The number of nitrogens with one attached hydrogen (secondary N) is 1. The van der Waals surface area contributed by atoms with E-state index in [1.165, 1.54) is 0 Å². The number of carbonyl (C=O) groups is 2. The maximum Gasteiger partial charge on any atom is 0.407 e. The van der Waals surface area contributed by atoms with Crippen molar-refractivity contribution in [1.82, 2.24) is 5.32 Å². The van der Waals surface area contributed by atoms with Crippen molar-refractivity contribution in [3.05, 3.63) is 29.3 Å². The lowest BCUT2D eigenvalue weighted by molar-refractivity contribution is -0.137. The summed E-state index contributed by atoms with van der Waals surface area (Å²) in [6.07, 6.45) is -0.357. The van der Waals surface area contributed by atoms with Gasteiger partial charge in [-0.3, -0.25) is 4.79 Å². The van der Waals surface area contributed by atoms with Gasteiger partial charge in [0.25, 0.3) is 0 Å². The molecule has 0 saturated carbocycles. The second-order valence-corrected chi connectivity index (χ2v) is 9.21. The largest absolute Gasteiger partial charge is 0.481 e. The van der Waals surface area contributed by atoms with Crippen LogP contribution in [0.15, 0.2) is 18.2 Å². The van der Waals surface area contributed by atoms with E-state index < -0.39 is 23.7 Å². The molecule has 0 radical (unpaired) electrons. The molecule has 0 saturated heterocycles. The Kier molecular flexibility index (Phi) is 10.3. The monoisotopic (exact) mass is 520 g/mol. The molecular weight excluding hydrogens is 492 g/mol. The Morgan fingerprint density at radius 1 is 1.21 bits per heavy atom. The highest BCUT2D eigenvalue weighted by atomic mass is 79.9. The zero-order chi connectivity index (χ0) is 21.3. The van der Waals surface area contributed by atoms with Gasteiger partial charge in [0, 0.05) is 35.5 Å². The minimum absolute atomic E-state index is 0.171. The van der Waals surface area contributed by atoms with Crippen molar-refractivity contribution in [2.24, 2.45) is 0 Å². The Labute approximate surface area is 184 Å². The van der Waals surface area contributed by atoms with Gasteiger partial charge in [-0.05, 0) is 57.4 Å². The molecule has 2 N–H and O–H groups in total. The number of halogens is 2. The average molecular weight is 522 g/mol. The number of amides is 1. The van der Waals surface area contributed by atoms with Crippen LogP contribution in [0.5, 0.6) is 0 Å². The molecule has 1 rings (SSSR count). The number of aliphatic carboxylic acids is 1. The molecule has 0 aliphatic heterocycles. The van der Waals surface area contributed by atoms with Crippen LogP contribution in [0.4, 0.5) is 10.5 Å². The highest BCUT2D eigenvalue weighted by Crippen LogP contribution is 2.22. The molecule has 1 aromatic rings. The molecular formula is C20H30Br2N2O4. The van der Waals surface area contributed by atoms with Crippen molar-refractivity contribution in [3.8, 4) is 0 Å². The summed E-state index contributed by atoms with van der Waals surface area (Å²) >= 11 is 6.97. The Balaban J connectivity index is 3.01. The van der Waals surface area contributed by atoms with Crippen molar-refractivity contribution >= 4 is 49.6 Å². The smallest absolute Gasteiger partial charge is 0.407 e. The average Bonchev–Trinajstić information content (AvgIpc) is 2.54. The Hall–Kier alpha value is -1.28. The number of benzene rings is 1. The predicted molar refractivity (Wildman–Crippen MR) is 120 cm³/mol. The van der Waals surface area contributed by atoms with E-state index in [0.717, 1.165) is 40.6 Å². The number of carboxylic acids is 1. The van der Waals surface area contributed by atoms with E-state index in [2.05, 4.69) is 54.2 Å². The lowest BCUT2D eigenvalue weighted by Gasteiger charge is -2.26. The number of aryl methyl sites for hydroxylation is 1. The van der Waals surface area contributed by atoms with E-state index >= 15 is 0 Å². The van der Waals surface area contributed by atoms with Gasteiger partial charge in [0.15, 0.2) is 0 Å². The highest BCUT2D eigenvalue weighted by molar-refractivity contribution is 9.09. The molecule has 0 heterocycles. The molecule has 0 spiro atoms. The maximum atomic E-state index is 12.1. The Bertz CT molecular complexity index is 656. The summed E-state index contributed by atoms with van der Waals surface area (Å²) in [5.74, 6) is -0.963. The third kappa shape index (κ3) is 9.28. The molecule has 0 fully saturated rings. The second-order valence-electron chi connectivity index (χ2n) is 7.62. The number of nitrogens with zero attached hydrogens (tertiary/aromatic N) is 1. The molecule has 0 unspecified atom stereocenters. The first-order chi connectivity index (χ1) is 13.1. The number of alkyl halides is 2. The first-order valence-electron chi connectivity index (χ1n) is 9.23. The number of ether oxygens (including phenoxy) is 1. The number of carbonyl (C=O) groups excluding carboxylic acids is 1. The Morgan fingerprint density at radius 2 is 1.82 bits per heavy atom. The fourth-order valence-electron chi connectivity index (χ4n) is 2.77. The summed E-state index contributed by atoms with van der Waals surface area (Å²) in [6.45, 7) is 9.04. The summed E-state index contributed by atoms with van der Waals surface area (Å²) in [5, 5.41) is 13.7. The van der Waals surface area contributed by atoms with Crippen molar-refractivity contribution in [3.63, 3.8) is 0 Å². The molecule has 6 nitrogen and oxygen atoms in total. The molecule has 1 amide bonds. The van der Waals surface area contributed by atoms with Crippen LogP contribution in [-0.2, 0) is 16.0 Å². The van der Waals surface area contributed by atoms with Gasteiger partial charge in [0.1, 0.15) is 5.60 Å². The lowest BCUT2D eigenvalue weighted by Crippen LogP contribution is -2.41. The third-order valence-corrected chi connectivity index (χ3v) is 4.72. The first-order valence-corrected chi connectivity index (χ1v) is 11.5. The Morgan fingerprint density at radius 3 is 2.32 bits per heavy atom. The molecule has 1 atom stereocenters. The fraction of sp³-hybridized carbons (Fsp3) is 0.600. The number of carboxylic acid groups (broad SMARTS) is 1. The van der Waals surface area contributed by atoms with Crippen LogP contribution in [0, 0.1) is 6.92 Å². The number of anilines is 1. The van der Waals surface area contributed by atoms with Crippen molar-refractivity contribution in [1.29, 1.82) is 0 Å². The van der Waals surface area contributed by atoms with Gasteiger partial charge >= 0.3 is 12.1 Å². The number of alkyl carbamates (subject to hydrolysis) is 1. The van der Waals surface area contributed by atoms with Gasteiger partial charge in [0.05, 0.1) is 6.42 Å². The quantitative estimate of drug-likeness (QED) is 0.443. The predicted octanol–water partition coefficient (Wildman–Crippen LogP) is 4.50. The zero-order valence-corrected chi connectivity index (χ0v) is 20.1. The standard InChI is InChI=1S/C20H30Br2N2O4/c1-14-5-6-17(24(9-7-21)10-8-22)12-15(14)11-16(13-18(25)26)23-19(27)28-20(2,3)4/h5-6,12,16H,7-11,13H2,1-4H3,(H,23,27)(H,25,26)/t16-/m0/s1. The molecule has 0 bridgehead atoms. The van der Waals surface area contributed by atoms with Gasteiger partial charge in [-0.15, -0.1) is 0 Å². The van der Waals surface area contributed by atoms with Crippen molar-refractivity contribution in [2.75, 3.05) is 28.6 Å². The summed E-state index contributed by atoms with van der Waals surface area (Å²) in [5.41, 5.74) is 2.50. The van der Waals surface area contributed by atoms with Gasteiger partial charge in [-0.25, -0.2) is 4.79 Å². The number of hydrogen-bond donors (Lipinski definition) is 2. The maximum absolute atomic E-state index is 12.1. The minimum atomic E-state index is -0.963. The zero-order valence-electron chi connectivity index (χ0n) is 16.9. The molecule has 1 aromatic carbocycles. The van der Waals surface area contributed by atoms with Gasteiger partial charge in [0.2, 0.25) is 0 Å². The van der Waals surface area contributed by atoms with E-state index in [4.69, 9.17) is 4.74 Å². The van der Waals surface area contributed by atoms with E-state index in [1.54, 1.807) is 20.8 Å². The van der Waals surface area contributed by atoms with Crippen LogP contribution in [0.3, 0.4) is 0 Å². The van der Waals surface area contributed by atoms with Crippen molar-refractivity contribution in [2.45, 2.75) is 52.2 Å². The summed E-state index contributed by atoms with van der Waals surface area (Å²) in [6, 6.07) is 5.62. The molecule has 0 aliphatic rings. The molecule has 28 heavy (non-hydrogen) atoms. The van der Waals surface area contributed by atoms with Gasteiger partial charge < -0.3 is 20.1 Å². The SMILES string of the molecule is Cc1ccc(N(CCBr)CCBr)cc1C[C@@H](CC(=O)O)NC(=O)OC(C)(C)C. The van der Waals surface area contributed by atoms with Crippen LogP contribution in [0.2, 0.25) is 0 Å².